The molecule has 0 atom stereocenters. The molecule has 160 valence electrons. The third kappa shape index (κ3) is 4.66. The molecule has 0 bridgehead atoms. The lowest BCUT2D eigenvalue weighted by molar-refractivity contribution is -0.123. The van der Waals surface area contributed by atoms with Crippen molar-refractivity contribution in [2.24, 2.45) is 0 Å². The molecule has 0 saturated carbocycles. The van der Waals surface area contributed by atoms with Crippen LogP contribution in [0.1, 0.15) is 5.56 Å². The molecule has 2 aliphatic heterocycles. The van der Waals surface area contributed by atoms with Gasteiger partial charge in [0.25, 0.3) is 5.91 Å². The van der Waals surface area contributed by atoms with Crippen LogP contribution >= 0.6 is 0 Å². The molecule has 0 spiro atoms. The van der Waals surface area contributed by atoms with Gasteiger partial charge in [0.05, 0.1) is 18.1 Å². The van der Waals surface area contributed by atoms with Gasteiger partial charge in [-0.1, -0.05) is 6.07 Å². The first-order valence-corrected chi connectivity index (χ1v) is 10.9. The second kappa shape index (κ2) is 8.90. The lowest BCUT2D eigenvalue weighted by Crippen LogP contribution is -2.40. The highest BCUT2D eigenvalue weighted by Gasteiger charge is 2.26. The summed E-state index contributed by atoms with van der Waals surface area (Å²) in [5.41, 5.74) is 0.880. The van der Waals surface area contributed by atoms with Crippen LogP contribution < -0.4 is 19.5 Å². The summed E-state index contributed by atoms with van der Waals surface area (Å²) in [5.74, 6) is 1.46. The predicted octanol–water partition coefficient (Wildman–Crippen LogP) is 1.13. The Morgan fingerprint density at radius 3 is 2.53 bits per heavy atom. The van der Waals surface area contributed by atoms with Crippen molar-refractivity contribution in [2.45, 2.75) is 11.4 Å². The summed E-state index contributed by atoms with van der Waals surface area (Å²) in [6.45, 7) is 1.80. The molecule has 0 aliphatic carbocycles. The Labute approximate surface area is 174 Å². The van der Waals surface area contributed by atoms with Crippen molar-refractivity contribution < 1.29 is 32.2 Å². The SMILES string of the molecule is O=C(COc1ccc(S(=O)(=O)N2CCOCC2)cc1)NCc1ccc2c(c1)OCO2. The molecule has 4 rings (SSSR count). The van der Waals surface area contributed by atoms with E-state index in [0.717, 1.165) is 5.56 Å². The number of fused-ring (bicyclic) bond motifs is 1. The zero-order valence-electron chi connectivity index (χ0n) is 16.2. The van der Waals surface area contributed by atoms with Crippen LogP contribution in [0.15, 0.2) is 47.4 Å². The maximum absolute atomic E-state index is 12.6. The topological polar surface area (TPSA) is 103 Å². The van der Waals surface area contributed by atoms with Crippen molar-refractivity contribution in [1.29, 1.82) is 0 Å². The maximum Gasteiger partial charge on any atom is 0.258 e. The zero-order chi connectivity index (χ0) is 21.0. The third-order valence-electron chi connectivity index (χ3n) is 4.73. The smallest absolute Gasteiger partial charge is 0.258 e. The number of hydrogen-bond donors (Lipinski definition) is 1. The van der Waals surface area contributed by atoms with Crippen LogP contribution in [-0.2, 0) is 26.1 Å². The van der Waals surface area contributed by atoms with E-state index < -0.39 is 10.0 Å². The van der Waals surface area contributed by atoms with Gasteiger partial charge >= 0.3 is 0 Å². The Hall–Kier alpha value is -2.82. The molecule has 1 fully saturated rings. The fourth-order valence-corrected chi connectivity index (χ4v) is 4.50. The number of sulfonamides is 1. The minimum Gasteiger partial charge on any atom is -0.484 e. The fourth-order valence-electron chi connectivity index (χ4n) is 3.10. The van der Waals surface area contributed by atoms with Gasteiger partial charge in [0, 0.05) is 19.6 Å². The molecular weight excluding hydrogens is 412 g/mol. The van der Waals surface area contributed by atoms with Gasteiger partial charge in [-0.2, -0.15) is 4.31 Å². The highest BCUT2D eigenvalue weighted by Crippen LogP contribution is 2.32. The molecule has 1 amide bonds. The highest BCUT2D eigenvalue weighted by molar-refractivity contribution is 7.89. The molecule has 2 aliphatic rings. The maximum atomic E-state index is 12.6. The molecule has 30 heavy (non-hydrogen) atoms. The van der Waals surface area contributed by atoms with Crippen LogP contribution in [0.3, 0.4) is 0 Å². The van der Waals surface area contributed by atoms with Gasteiger partial charge in [-0.25, -0.2) is 8.42 Å². The standard InChI is InChI=1S/C20H22N2O7S/c23-20(21-12-15-1-6-18-19(11-15)29-14-28-18)13-27-16-2-4-17(5-3-16)30(24,25)22-7-9-26-10-8-22/h1-6,11H,7-10,12-14H2,(H,21,23). The number of amides is 1. The average Bonchev–Trinajstić information content (AvgIpc) is 3.25. The largest absolute Gasteiger partial charge is 0.484 e. The van der Waals surface area contributed by atoms with E-state index in [9.17, 15) is 13.2 Å². The molecule has 2 aromatic carbocycles. The minimum atomic E-state index is -3.55. The van der Waals surface area contributed by atoms with Crippen LogP contribution in [0.25, 0.3) is 0 Å². The number of carbonyl (C=O) groups excluding carboxylic acids is 1. The molecule has 1 saturated heterocycles. The molecule has 1 N–H and O–H groups in total. The van der Waals surface area contributed by atoms with E-state index in [1.165, 1.54) is 16.4 Å². The van der Waals surface area contributed by atoms with Crippen LogP contribution in [0, 0.1) is 0 Å². The van der Waals surface area contributed by atoms with Gasteiger partial charge < -0.3 is 24.3 Å². The first-order chi connectivity index (χ1) is 14.5. The predicted molar refractivity (Wildman–Crippen MR) is 106 cm³/mol. The summed E-state index contributed by atoms with van der Waals surface area (Å²) >= 11 is 0. The number of nitrogens with zero attached hydrogens (tertiary/aromatic N) is 1. The van der Waals surface area contributed by atoms with Crippen molar-refractivity contribution >= 4 is 15.9 Å². The summed E-state index contributed by atoms with van der Waals surface area (Å²) < 4.78 is 47.8. The van der Waals surface area contributed by atoms with E-state index in [0.29, 0.717) is 50.1 Å². The van der Waals surface area contributed by atoms with Crippen LogP contribution in [0.5, 0.6) is 17.2 Å². The number of morpholine rings is 1. The molecule has 10 heteroatoms. The average molecular weight is 434 g/mol. The number of ether oxygens (including phenoxy) is 4. The van der Waals surface area contributed by atoms with Gasteiger partial charge in [-0.05, 0) is 42.0 Å². The highest BCUT2D eigenvalue weighted by atomic mass is 32.2. The molecule has 2 heterocycles. The third-order valence-corrected chi connectivity index (χ3v) is 6.64. The Morgan fingerprint density at radius 2 is 1.77 bits per heavy atom. The Balaban J connectivity index is 1.27. The lowest BCUT2D eigenvalue weighted by Gasteiger charge is -2.26. The summed E-state index contributed by atoms with van der Waals surface area (Å²) in [7, 11) is -3.55. The van der Waals surface area contributed by atoms with E-state index >= 15 is 0 Å². The Kier molecular flexibility index (Phi) is 6.07. The summed E-state index contributed by atoms with van der Waals surface area (Å²) in [5, 5.41) is 2.76. The molecule has 0 aromatic heterocycles. The van der Waals surface area contributed by atoms with Crippen molar-refractivity contribution in [3.8, 4) is 17.2 Å². The lowest BCUT2D eigenvalue weighted by atomic mass is 10.2. The first-order valence-electron chi connectivity index (χ1n) is 9.48. The van der Waals surface area contributed by atoms with Gasteiger partial charge in [-0.3, -0.25) is 4.79 Å². The Morgan fingerprint density at radius 1 is 1.03 bits per heavy atom. The van der Waals surface area contributed by atoms with Crippen molar-refractivity contribution in [2.75, 3.05) is 39.7 Å². The quantitative estimate of drug-likeness (QED) is 0.697. The van der Waals surface area contributed by atoms with Gasteiger partial charge in [-0.15, -0.1) is 0 Å². The molecule has 0 unspecified atom stereocenters. The van der Waals surface area contributed by atoms with Gasteiger partial charge in [0.1, 0.15) is 5.75 Å². The summed E-state index contributed by atoms with van der Waals surface area (Å²) in [4.78, 5) is 12.2. The molecule has 2 aromatic rings. The number of carbonyl (C=O) groups is 1. The van der Waals surface area contributed by atoms with E-state index in [-0.39, 0.29) is 24.2 Å². The molecule has 9 nitrogen and oxygen atoms in total. The Bertz CT molecular complexity index is 1000. The number of rotatable bonds is 7. The van der Waals surface area contributed by atoms with Crippen molar-refractivity contribution in [3.63, 3.8) is 0 Å². The number of benzene rings is 2. The summed E-state index contributed by atoms with van der Waals surface area (Å²) in [6.07, 6.45) is 0. The van der Waals surface area contributed by atoms with E-state index in [1.807, 2.05) is 12.1 Å². The normalized spacial score (nSPS) is 16.3. The van der Waals surface area contributed by atoms with Crippen LogP contribution in [-0.4, -0.2) is 58.3 Å². The van der Waals surface area contributed by atoms with E-state index in [2.05, 4.69) is 5.32 Å². The second-order valence-corrected chi connectivity index (χ2v) is 8.68. The number of hydrogen-bond acceptors (Lipinski definition) is 7. The van der Waals surface area contributed by atoms with E-state index in [4.69, 9.17) is 18.9 Å². The van der Waals surface area contributed by atoms with Crippen molar-refractivity contribution in [3.05, 3.63) is 48.0 Å². The second-order valence-electron chi connectivity index (χ2n) is 6.74. The van der Waals surface area contributed by atoms with Crippen LogP contribution in [0.2, 0.25) is 0 Å². The summed E-state index contributed by atoms with van der Waals surface area (Å²) in [6, 6.07) is 11.5. The number of nitrogens with one attached hydrogen (secondary N) is 1. The minimum absolute atomic E-state index is 0.180. The van der Waals surface area contributed by atoms with Crippen molar-refractivity contribution in [1.82, 2.24) is 9.62 Å². The fraction of sp³-hybridized carbons (Fsp3) is 0.350. The van der Waals surface area contributed by atoms with Gasteiger partial charge in [0.2, 0.25) is 16.8 Å². The molecule has 0 radical (unpaired) electrons. The van der Waals surface area contributed by atoms with E-state index in [1.54, 1.807) is 18.2 Å². The van der Waals surface area contributed by atoms with Gasteiger partial charge in [0.15, 0.2) is 18.1 Å². The zero-order valence-corrected chi connectivity index (χ0v) is 17.0. The first kappa shape index (κ1) is 20.5. The monoisotopic (exact) mass is 434 g/mol. The molecular formula is C20H22N2O7S. The van der Waals surface area contributed by atoms with Crippen LogP contribution in [0.4, 0.5) is 0 Å².